The van der Waals surface area contributed by atoms with Gasteiger partial charge in [0.25, 0.3) is 0 Å². The number of phenolic OH excluding ortho intramolecular Hbond substituents is 1. The second kappa shape index (κ2) is 6.36. The largest absolute Gasteiger partial charge is 0.505 e. The molecule has 0 bridgehead atoms. The Balaban J connectivity index is 2.51. The highest BCUT2D eigenvalue weighted by atomic mass is 19.1. The monoisotopic (exact) mass is 303 g/mol. The van der Waals surface area contributed by atoms with Gasteiger partial charge < -0.3 is 15.9 Å². The first kappa shape index (κ1) is 15.7. The third-order valence-corrected chi connectivity index (χ3v) is 3.23. The predicted molar refractivity (Wildman–Crippen MR) is 77.3 cm³/mol. The average molecular weight is 303 g/mol. The van der Waals surface area contributed by atoms with E-state index in [4.69, 9.17) is 10.8 Å². The number of halogens is 1. The summed E-state index contributed by atoms with van der Waals surface area (Å²) in [6.07, 6.45) is -0.222. The molecule has 5 nitrogen and oxygen atoms in total. The Morgan fingerprint density at radius 2 is 1.77 bits per heavy atom. The van der Waals surface area contributed by atoms with Gasteiger partial charge in [-0.3, -0.25) is 9.59 Å². The van der Waals surface area contributed by atoms with Crippen LogP contribution >= 0.6 is 0 Å². The molecule has 6 heteroatoms. The van der Waals surface area contributed by atoms with Crippen LogP contribution in [0.25, 0.3) is 0 Å². The molecule has 22 heavy (non-hydrogen) atoms. The minimum Gasteiger partial charge on any atom is -0.505 e. The second-order valence-corrected chi connectivity index (χ2v) is 4.78. The van der Waals surface area contributed by atoms with Crippen molar-refractivity contribution in [2.24, 2.45) is 5.73 Å². The number of carbonyl (C=O) groups excluding carboxylic acids is 1. The fourth-order valence-electron chi connectivity index (χ4n) is 2.08. The van der Waals surface area contributed by atoms with Gasteiger partial charge in [-0.15, -0.1) is 0 Å². The lowest BCUT2D eigenvalue weighted by Gasteiger charge is -2.13. The Bertz CT molecular complexity index is 716. The normalized spacial score (nSPS) is 11.9. The van der Waals surface area contributed by atoms with Gasteiger partial charge >= 0.3 is 5.97 Å². The van der Waals surface area contributed by atoms with E-state index >= 15 is 0 Å². The lowest BCUT2D eigenvalue weighted by molar-refractivity contribution is -0.138. The van der Waals surface area contributed by atoms with E-state index < -0.39 is 29.4 Å². The van der Waals surface area contributed by atoms with Crippen molar-refractivity contribution in [3.05, 3.63) is 65.0 Å². The number of ketones is 1. The zero-order chi connectivity index (χ0) is 16.3. The molecule has 0 radical (unpaired) electrons. The first-order valence-electron chi connectivity index (χ1n) is 6.50. The molecule has 0 spiro atoms. The van der Waals surface area contributed by atoms with Gasteiger partial charge in [0.2, 0.25) is 0 Å². The fraction of sp³-hybridized carbons (Fsp3) is 0.125. The van der Waals surface area contributed by atoms with Gasteiger partial charge in [-0.05, 0) is 18.1 Å². The summed E-state index contributed by atoms with van der Waals surface area (Å²) in [5.41, 5.74) is 5.46. The topological polar surface area (TPSA) is 101 Å². The number of hydrogen-bond donors (Lipinski definition) is 3. The molecule has 2 rings (SSSR count). The van der Waals surface area contributed by atoms with Crippen LogP contribution in [0, 0.1) is 5.82 Å². The second-order valence-electron chi connectivity index (χ2n) is 4.78. The lowest BCUT2D eigenvalue weighted by atomic mass is 9.93. The summed E-state index contributed by atoms with van der Waals surface area (Å²) in [7, 11) is 0. The molecule has 0 saturated heterocycles. The highest BCUT2D eigenvalue weighted by Crippen LogP contribution is 2.26. The van der Waals surface area contributed by atoms with Crippen LogP contribution in [0.15, 0.2) is 42.5 Å². The number of aliphatic carboxylic acids is 1. The summed E-state index contributed by atoms with van der Waals surface area (Å²) in [4.78, 5) is 23.3. The number of carbonyl (C=O) groups is 2. The van der Waals surface area contributed by atoms with E-state index in [-0.39, 0.29) is 23.1 Å². The van der Waals surface area contributed by atoms with Crippen molar-refractivity contribution in [3.8, 4) is 5.75 Å². The number of benzene rings is 2. The van der Waals surface area contributed by atoms with Crippen LogP contribution in [-0.2, 0) is 11.2 Å². The Labute approximate surface area is 125 Å². The van der Waals surface area contributed by atoms with Crippen molar-refractivity contribution in [1.29, 1.82) is 0 Å². The van der Waals surface area contributed by atoms with Gasteiger partial charge in [0.15, 0.2) is 17.3 Å². The number of carboxylic acid groups (broad SMARTS) is 1. The van der Waals surface area contributed by atoms with E-state index in [1.54, 1.807) is 18.2 Å². The summed E-state index contributed by atoms with van der Waals surface area (Å²) in [5, 5.41) is 18.3. The maximum absolute atomic E-state index is 14.2. The zero-order valence-electron chi connectivity index (χ0n) is 11.5. The first-order valence-corrected chi connectivity index (χ1v) is 6.50. The lowest BCUT2D eigenvalue weighted by Crippen LogP contribution is -2.33. The SMILES string of the molecule is NC(Cc1ccc(O)c(F)c1C(=O)c1ccccc1)C(=O)O. The molecule has 0 aliphatic heterocycles. The van der Waals surface area contributed by atoms with Gasteiger partial charge in [0.05, 0.1) is 5.56 Å². The van der Waals surface area contributed by atoms with Crippen LogP contribution < -0.4 is 5.73 Å². The maximum atomic E-state index is 14.2. The number of carboxylic acids is 1. The van der Waals surface area contributed by atoms with Crippen LogP contribution in [0.4, 0.5) is 4.39 Å². The van der Waals surface area contributed by atoms with Crippen LogP contribution in [0.2, 0.25) is 0 Å². The molecule has 114 valence electrons. The van der Waals surface area contributed by atoms with E-state index in [0.717, 1.165) is 6.07 Å². The van der Waals surface area contributed by atoms with Gasteiger partial charge in [-0.1, -0.05) is 36.4 Å². The highest BCUT2D eigenvalue weighted by Gasteiger charge is 2.24. The van der Waals surface area contributed by atoms with Crippen LogP contribution in [-0.4, -0.2) is 28.0 Å². The van der Waals surface area contributed by atoms with E-state index in [2.05, 4.69) is 0 Å². The third-order valence-electron chi connectivity index (χ3n) is 3.23. The predicted octanol–water partition coefficient (Wildman–Crippen LogP) is 1.72. The van der Waals surface area contributed by atoms with E-state index in [1.165, 1.54) is 18.2 Å². The molecule has 4 N–H and O–H groups in total. The molecule has 0 heterocycles. The summed E-state index contributed by atoms with van der Waals surface area (Å²) < 4.78 is 14.2. The Hall–Kier alpha value is -2.73. The zero-order valence-corrected chi connectivity index (χ0v) is 11.5. The number of rotatable bonds is 5. The molecule has 1 unspecified atom stereocenters. The maximum Gasteiger partial charge on any atom is 0.320 e. The highest BCUT2D eigenvalue weighted by molar-refractivity contribution is 6.10. The molecule has 0 aliphatic rings. The molecule has 2 aromatic rings. The van der Waals surface area contributed by atoms with Crippen LogP contribution in [0.5, 0.6) is 5.75 Å². The van der Waals surface area contributed by atoms with Crippen LogP contribution in [0.3, 0.4) is 0 Å². The van der Waals surface area contributed by atoms with E-state index in [0.29, 0.717) is 0 Å². The summed E-state index contributed by atoms with van der Waals surface area (Å²) in [6.45, 7) is 0. The van der Waals surface area contributed by atoms with Gasteiger partial charge in [0, 0.05) is 5.56 Å². The molecular weight excluding hydrogens is 289 g/mol. The molecule has 0 fully saturated rings. The molecule has 0 aromatic heterocycles. The summed E-state index contributed by atoms with van der Waals surface area (Å²) >= 11 is 0. The molecule has 0 aliphatic carbocycles. The van der Waals surface area contributed by atoms with Crippen molar-refractivity contribution < 1.29 is 24.2 Å². The van der Waals surface area contributed by atoms with E-state index in [9.17, 15) is 19.1 Å². The van der Waals surface area contributed by atoms with Crippen molar-refractivity contribution in [1.82, 2.24) is 0 Å². The van der Waals surface area contributed by atoms with E-state index in [1.807, 2.05) is 0 Å². The Morgan fingerprint density at radius 1 is 1.14 bits per heavy atom. The van der Waals surface area contributed by atoms with Crippen molar-refractivity contribution in [2.75, 3.05) is 0 Å². The molecule has 0 saturated carbocycles. The Morgan fingerprint density at radius 3 is 2.36 bits per heavy atom. The van der Waals surface area contributed by atoms with Crippen LogP contribution in [0.1, 0.15) is 21.5 Å². The van der Waals surface area contributed by atoms with Crippen molar-refractivity contribution in [3.63, 3.8) is 0 Å². The quantitative estimate of drug-likeness (QED) is 0.730. The minimum absolute atomic E-state index is 0.138. The van der Waals surface area contributed by atoms with Crippen molar-refractivity contribution in [2.45, 2.75) is 12.5 Å². The van der Waals surface area contributed by atoms with Gasteiger partial charge in [-0.2, -0.15) is 0 Å². The Kier molecular flexibility index (Phi) is 4.53. The van der Waals surface area contributed by atoms with Gasteiger partial charge in [-0.25, -0.2) is 4.39 Å². The fourth-order valence-corrected chi connectivity index (χ4v) is 2.08. The standard InChI is InChI=1S/C16H14FNO4/c17-14-12(19)7-6-10(8-11(18)16(21)22)13(14)15(20)9-4-2-1-3-5-9/h1-7,11,19H,8,18H2,(H,21,22). The minimum atomic E-state index is -1.27. The molecular formula is C16H14FNO4. The molecule has 2 aromatic carbocycles. The number of nitrogens with two attached hydrogens (primary N) is 1. The smallest absolute Gasteiger partial charge is 0.320 e. The number of aromatic hydroxyl groups is 1. The average Bonchev–Trinajstić information content (AvgIpc) is 2.51. The van der Waals surface area contributed by atoms with Crippen molar-refractivity contribution >= 4 is 11.8 Å². The summed E-state index contributed by atoms with van der Waals surface area (Å²) in [6, 6.07) is 9.06. The molecule has 1 atom stereocenters. The summed E-state index contributed by atoms with van der Waals surface area (Å²) in [5.74, 6) is -3.65. The number of phenols is 1. The third kappa shape index (κ3) is 3.12. The molecule has 0 amide bonds. The van der Waals surface area contributed by atoms with Gasteiger partial charge in [0.1, 0.15) is 6.04 Å². The first-order chi connectivity index (χ1) is 10.4. The number of hydrogen-bond acceptors (Lipinski definition) is 4.